The zero-order valence-electron chi connectivity index (χ0n) is 11.1. The Hall–Kier alpha value is -1.00. The van der Waals surface area contributed by atoms with E-state index >= 15 is 0 Å². The molecule has 2 rings (SSSR count). The average Bonchev–Trinajstić information content (AvgIpc) is 2.44. The van der Waals surface area contributed by atoms with E-state index in [2.05, 4.69) is 12.1 Å². The van der Waals surface area contributed by atoms with Gasteiger partial charge in [0.15, 0.2) is 0 Å². The third-order valence-electron chi connectivity index (χ3n) is 3.30. The van der Waals surface area contributed by atoms with E-state index in [-0.39, 0.29) is 12.0 Å². The van der Waals surface area contributed by atoms with Crippen molar-refractivity contribution in [3.8, 4) is 0 Å². The minimum absolute atomic E-state index is 0.187. The molecule has 1 saturated heterocycles. The molecule has 0 unspecified atom stereocenters. The largest absolute Gasteiger partial charge is 0.391 e. The van der Waals surface area contributed by atoms with Crippen molar-refractivity contribution in [1.82, 2.24) is 4.90 Å². The summed E-state index contributed by atoms with van der Waals surface area (Å²) in [4.78, 5) is 15.0. The number of piperidine rings is 1. The van der Waals surface area contributed by atoms with E-state index in [4.69, 9.17) is 0 Å². The van der Waals surface area contributed by atoms with Crippen molar-refractivity contribution in [2.24, 2.45) is 0 Å². The highest BCUT2D eigenvalue weighted by molar-refractivity contribution is 7.99. The Labute approximate surface area is 119 Å². The van der Waals surface area contributed by atoms with Crippen molar-refractivity contribution in [2.45, 2.75) is 36.7 Å². The normalized spacial score (nSPS) is 19.4. The molecule has 1 fully saturated rings. The monoisotopic (exact) mass is 279 g/mol. The first-order valence-corrected chi connectivity index (χ1v) is 7.88. The predicted molar refractivity (Wildman–Crippen MR) is 78.2 cm³/mol. The topological polar surface area (TPSA) is 40.5 Å². The van der Waals surface area contributed by atoms with Crippen LogP contribution in [0.3, 0.4) is 0 Å². The van der Waals surface area contributed by atoms with Crippen LogP contribution in [0, 0.1) is 0 Å². The number of likely N-dealkylation sites (tertiary alicyclic amines) is 1. The van der Waals surface area contributed by atoms with Gasteiger partial charge in [0.2, 0.25) is 5.91 Å². The molecule has 0 aliphatic carbocycles. The quantitative estimate of drug-likeness (QED) is 0.665. The fourth-order valence-electron chi connectivity index (χ4n) is 2.27. The van der Waals surface area contributed by atoms with Crippen LogP contribution in [-0.2, 0) is 4.79 Å². The van der Waals surface area contributed by atoms with Gasteiger partial charge in [-0.25, -0.2) is 0 Å². The van der Waals surface area contributed by atoms with Crippen LogP contribution < -0.4 is 0 Å². The van der Waals surface area contributed by atoms with Gasteiger partial charge >= 0.3 is 0 Å². The lowest BCUT2D eigenvalue weighted by molar-refractivity contribution is -0.134. The van der Waals surface area contributed by atoms with Crippen molar-refractivity contribution >= 4 is 17.7 Å². The van der Waals surface area contributed by atoms with Gasteiger partial charge in [-0.05, 0) is 37.1 Å². The van der Waals surface area contributed by atoms with Gasteiger partial charge in [0.1, 0.15) is 0 Å². The minimum Gasteiger partial charge on any atom is -0.391 e. The standard InChI is InChI=1S/C15H21NO2S/c17-13-6-4-10-16(12-13)15(18)9-5-11-19-14-7-2-1-3-8-14/h1-3,7-8,13,17H,4-6,9-12H2/t13-/m0/s1. The van der Waals surface area contributed by atoms with E-state index in [1.54, 1.807) is 16.7 Å². The van der Waals surface area contributed by atoms with Crippen LogP contribution in [0.4, 0.5) is 0 Å². The molecular formula is C15H21NO2S. The number of rotatable bonds is 5. The van der Waals surface area contributed by atoms with Crippen LogP contribution in [0.5, 0.6) is 0 Å². The van der Waals surface area contributed by atoms with Crippen LogP contribution in [0.2, 0.25) is 0 Å². The maximum Gasteiger partial charge on any atom is 0.222 e. The summed E-state index contributed by atoms with van der Waals surface area (Å²) < 4.78 is 0. The Morgan fingerprint density at radius 1 is 1.37 bits per heavy atom. The number of benzene rings is 1. The molecule has 1 heterocycles. The zero-order valence-corrected chi connectivity index (χ0v) is 11.9. The summed E-state index contributed by atoms with van der Waals surface area (Å²) in [6, 6.07) is 10.3. The SMILES string of the molecule is O=C(CCCSc1ccccc1)N1CCC[C@H](O)C1. The Bertz CT molecular complexity index is 396. The Morgan fingerprint density at radius 2 is 2.16 bits per heavy atom. The Kier molecular flexibility index (Phi) is 5.73. The molecule has 1 aromatic carbocycles. The summed E-state index contributed by atoms with van der Waals surface area (Å²) >= 11 is 1.79. The number of aliphatic hydroxyl groups excluding tert-OH is 1. The molecule has 104 valence electrons. The van der Waals surface area contributed by atoms with Crippen LogP contribution in [0.25, 0.3) is 0 Å². The second-order valence-electron chi connectivity index (χ2n) is 4.90. The first kappa shape index (κ1) is 14.4. The van der Waals surface area contributed by atoms with Crippen LogP contribution in [0.15, 0.2) is 35.2 Å². The van der Waals surface area contributed by atoms with Gasteiger partial charge in [-0.3, -0.25) is 4.79 Å². The van der Waals surface area contributed by atoms with E-state index in [1.165, 1.54) is 4.90 Å². The van der Waals surface area contributed by atoms with Crippen molar-refractivity contribution in [2.75, 3.05) is 18.8 Å². The number of carbonyl (C=O) groups is 1. The molecule has 1 N–H and O–H groups in total. The van der Waals surface area contributed by atoms with Gasteiger partial charge in [-0.1, -0.05) is 18.2 Å². The van der Waals surface area contributed by atoms with Gasteiger partial charge in [0.05, 0.1) is 6.10 Å². The van der Waals surface area contributed by atoms with Crippen LogP contribution >= 0.6 is 11.8 Å². The van der Waals surface area contributed by atoms with Crippen molar-refractivity contribution < 1.29 is 9.90 Å². The fourth-order valence-corrected chi connectivity index (χ4v) is 3.14. The molecule has 1 aliphatic heterocycles. The zero-order chi connectivity index (χ0) is 13.5. The maximum absolute atomic E-state index is 12.0. The van der Waals surface area contributed by atoms with Gasteiger partial charge in [0.25, 0.3) is 0 Å². The summed E-state index contributed by atoms with van der Waals surface area (Å²) in [5, 5.41) is 9.55. The number of hydrogen-bond acceptors (Lipinski definition) is 3. The van der Waals surface area contributed by atoms with Crippen molar-refractivity contribution in [3.63, 3.8) is 0 Å². The first-order valence-electron chi connectivity index (χ1n) is 6.89. The lowest BCUT2D eigenvalue weighted by Crippen LogP contribution is -2.42. The molecule has 0 spiro atoms. The molecule has 0 saturated carbocycles. The molecule has 1 aromatic rings. The Balaban J connectivity index is 1.64. The van der Waals surface area contributed by atoms with E-state index in [1.807, 2.05) is 18.2 Å². The van der Waals surface area contributed by atoms with E-state index in [9.17, 15) is 9.90 Å². The molecule has 19 heavy (non-hydrogen) atoms. The van der Waals surface area contributed by atoms with Crippen LogP contribution in [0.1, 0.15) is 25.7 Å². The van der Waals surface area contributed by atoms with E-state index in [0.717, 1.165) is 31.6 Å². The summed E-state index contributed by atoms with van der Waals surface area (Å²) in [5.41, 5.74) is 0. The molecule has 0 bridgehead atoms. The summed E-state index contributed by atoms with van der Waals surface area (Å²) in [7, 11) is 0. The number of amides is 1. The van der Waals surface area contributed by atoms with Crippen LogP contribution in [-0.4, -0.2) is 40.9 Å². The number of aliphatic hydroxyl groups is 1. The molecule has 0 radical (unpaired) electrons. The highest BCUT2D eigenvalue weighted by Crippen LogP contribution is 2.19. The second-order valence-corrected chi connectivity index (χ2v) is 6.07. The van der Waals surface area contributed by atoms with Crippen molar-refractivity contribution in [1.29, 1.82) is 0 Å². The molecule has 1 aliphatic rings. The van der Waals surface area contributed by atoms with Gasteiger partial charge < -0.3 is 10.0 Å². The lowest BCUT2D eigenvalue weighted by atomic mass is 10.1. The number of hydrogen-bond donors (Lipinski definition) is 1. The highest BCUT2D eigenvalue weighted by atomic mass is 32.2. The molecular weight excluding hydrogens is 258 g/mol. The predicted octanol–water partition coefficient (Wildman–Crippen LogP) is 2.54. The number of carbonyl (C=O) groups excluding carboxylic acids is 1. The minimum atomic E-state index is -0.323. The van der Waals surface area contributed by atoms with Gasteiger partial charge in [-0.2, -0.15) is 0 Å². The smallest absolute Gasteiger partial charge is 0.222 e. The third kappa shape index (κ3) is 4.88. The summed E-state index contributed by atoms with van der Waals surface area (Å²) in [5.74, 6) is 1.15. The molecule has 0 aromatic heterocycles. The third-order valence-corrected chi connectivity index (χ3v) is 4.39. The summed E-state index contributed by atoms with van der Waals surface area (Å²) in [6.07, 6.45) is 2.91. The Morgan fingerprint density at radius 3 is 2.89 bits per heavy atom. The van der Waals surface area contributed by atoms with Crippen molar-refractivity contribution in [3.05, 3.63) is 30.3 Å². The lowest BCUT2D eigenvalue weighted by Gasteiger charge is -2.30. The molecule has 1 atom stereocenters. The highest BCUT2D eigenvalue weighted by Gasteiger charge is 2.21. The molecule has 1 amide bonds. The van der Waals surface area contributed by atoms with Gasteiger partial charge in [-0.15, -0.1) is 11.8 Å². The average molecular weight is 279 g/mol. The second kappa shape index (κ2) is 7.56. The summed E-state index contributed by atoms with van der Waals surface area (Å²) in [6.45, 7) is 1.33. The number of thioether (sulfide) groups is 1. The molecule has 4 heteroatoms. The van der Waals surface area contributed by atoms with E-state index < -0.39 is 0 Å². The van der Waals surface area contributed by atoms with Gasteiger partial charge in [0, 0.05) is 24.4 Å². The number of nitrogens with zero attached hydrogens (tertiary/aromatic N) is 1. The first-order chi connectivity index (χ1) is 9.25. The number of β-amino-alcohol motifs (C(OH)–C–C–N with tert-alkyl or cyclic N) is 1. The fraction of sp³-hybridized carbons (Fsp3) is 0.533. The molecule has 3 nitrogen and oxygen atoms in total. The van der Waals surface area contributed by atoms with E-state index in [0.29, 0.717) is 13.0 Å². The maximum atomic E-state index is 12.0.